The largest absolute Gasteiger partial charge is 0.455 e. The Kier molecular flexibility index (Phi) is 5.23. The summed E-state index contributed by atoms with van der Waals surface area (Å²) in [5.41, 5.74) is 0. The predicted octanol–water partition coefficient (Wildman–Crippen LogP) is -2.95. The summed E-state index contributed by atoms with van der Waals surface area (Å²) in [7, 11) is 0. The molecular weight excluding hydrogens is 316 g/mol. The van der Waals surface area contributed by atoms with Crippen LogP contribution in [-0.2, 0) is 28.5 Å². The normalized spacial score (nSPS) is 41.0. The molecule has 10 nitrogen and oxygen atoms in total. The van der Waals surface area contributed by atoms with E-state index in [2.05, 4.69) is 4.74 Å². The van der Waals surface area contributed by atoms with E-state index in [1.807, 2.05) is 0 Å². The van der Waals surface area contributed by atoms with Crippen LogP contribution in [-0.4, -0.2) is 88.0 Å². The third-order valence-corrected chi connectivity index (χ3v) is 3.57. The van der Waals surface area contributed by atoms with Gasteiger partial charge in [0.25, 0.3) is 0 Å². The van der Waals surface area contributed by atoms with Gasteiger partial charge in [-0.1, -0.05) is 0 Å². The van der Waals surface area contributed by atoms with Crippen LogP contribution in [0.3, 0.4) is 0 Å². The highest BCUT2D eigenvalue weighted by molar-refractivity contribution is 5.78. The van der Waals surface area contributed by atoms with Crippen molar-refractivity contribution in [1.29, 1.82) is 0 Å². The minimum absolute atomic E-state index is 0.230. The van der Waals surface area contributed by atoms with Crippen molar-refractivity contribution >= 4 is 11.9 Å². The van der Waals surface area contributed by atoms with E-state index in [0.29, 0.717) is 0 Å². The SMILES string of the molecule is CC1(C)O[C@@H]2[C@@H](CO)OC(=O)[C@@H]2O1.O=C1O[C@H](CO)[C@@H](O)[C@H]1O. The van der Waals surface area contributed by atoms with Crippen molar-refractivity contribution in [3.05, 3.63) is 0 Å². The van der Waals surface area contributed by atoms with E-state index in [1.54, 1.807) is 13.8 Å². The van der Waals surface area contributed by atoms with Crippen molar-refractivity contribution < 1.29 is 49.0 Å². The van der Waals surface area contributed by atoms with Gasteiger partial charge >= 0.3 is 11.9 Å². The van der Waals surface area contributed by atoms with Gasteiger partial charge in [0.05, 0.1) is 13.2 Å². The molecule has 3 saturated heterocycles. The number of hydrogen-bond donors (Lipinski definition) is 4. The number of carbonyl (C=O) groups is 2. The molecule has 0 aliphatic carbocycles. The van der Waals surface area contributed by atoms with Gasteiger partial charge in [0, 0.05) is 0 Å². The molecule has 0 bridgehead atoms. The molecule has 3 aliphatic heterocycles. The van der Waals surface area contributed by atoms with Crippen LogP contribution in [0.15, 0.2) is 0 Å². The van der Waals surface area contributed by atoms with E-state index >= 15 is 0 Å². The molecule has 0 amide bonds. The topological polar surface area (TPSA) is 152 Å². The number of aliphatic hydroxyl groups excluding tert-OH is 4. The summed E-state index contributed by atoms with van der Waals surface area (Å²) in [6, 6.07) is 0. The summed E-state index contributed by atoms with van der Waals surface area (Å²) in [6.45, 7) is 2.76. The van der Waals surface area contributed by atoms with Gasteiger partial charge in [-0.3, -0.25) is 0 Å². The van der Waals surface area contributed by atoms with Gasteiger partial charge in [-0.05, 0) is 13.8 Å². The second kappa shape index (κ2) is 6.67. The molecule has 132 valence electrons. The second-order valence-electron chi connectivity index (χ2n) is 5.77. The lowest BCUT2D eigenvalue weighted by molar-refractivity contribution is -0.188. The smallest absolute Gasteiger partial charge is 0.338 e. The number of ether oxygens (including phenoxy) is 4. The van der Waals surface area contributed by atoms with Crippen LogP contribution in [0.5, 0.6) is 0 Å². The zero-order chi connectivity index (χ0) is 17.4. The maximum Gasteiger partial charge on any atom is 0.338 e. The summed E-state index contributed by atoms with van der Waals surface area (Å²) in [6.07, 6.45) is -5.49. The minimum Gasteiger partial charge on any atom is -0.455 e. The molecule has 0 saturated carbocycles. The van der Waals surface area contributed by atoms with Crippen molar-refractivity contribution in [3.63, 3.8) is 0 Å². The van der Waals surface area contributed by atoms with Crippen LogP contribution in [0, 0.1) is 0 Å². The molecule has 10 heteroatoms. The third-order valence-electron chi connectivity index (χ3n) is 3.57. The maximum atomic E-state index is 11.2. The zero-order valence-corrected chi connectivity index (χ0v) is 12.6. The zero-order valence-electron chi connectivity index (χ0n) is 12.6. The molecule has 0 radical (unpaired) electrons. The molecule has 3 aliphatic rings. The van der Waals surface area contributed by atoms with Crippen LogP contribution < -0.4 is 0 Å². The first-order chi connectivity index (χ1) is 10.7. The first kappa shape index (κ1) is 18.0. The Morgan fingerprint density at radius 3 is 1.96 bits per heavy atom. The highest BCUT2D eigenvalue weighted by Crippen LogP contribution is 2.35. The molecule has 0 aromatic carbocycles. The molecule has 3 fully saturated rings. The number of hydrogen-bond acceptors (Lipinski definition) is 10. The number of rotatable bonds is 2. The fraction of sp³-hybridized carbons (Fsp3) is 0.846. The van der Waals surface area contributed by atoms with Crippen LogP contribution in [0.2, 0.25) is 0 Å². The summed E-state index contributed by atoms with van der Waals surface area (Å²) < 4.78 is 19.9. The molecule has 4 N–H and O–H groups in total. The van der Waals surface area contributed by atoms with Gasteiger partial charge in [0.2, 0.25) is 0 Å². The predicted molar refractivity (Wildman–Crippen MR) is 69.8 cm³/mol. The molecule has 6 atom stereocenters. The van der Waals surface area contributed by atoms with Crippen molar-refractivity contribution in [1.82, 2.24) is 0 Å². The fourth-order valence-electron chi connectivity index (χ4n) is 2.44. The highest BCUT2D eigenvalue weighted by Gasteiger charge is 2.55. The Balaban J connectivity index is 0.000000174. The molecule has 3 rings (SSSR count). The lowest BCUT2D eigenvalue weighted by Crippen LogP contribution is -2.32. The van der Waals surface area contributed by atoms with Gasteiger partial charge < -0.3 is 39.4 Å². The van der Waals surface area contributed by atoms with Crippen molar-refractivity contribution in [3.8, 4) is 0 Å². The Morgan fingerprint density at radius 1 is 0.957 bits per heavy atom. The number of aliphatic hydroxyl groups is 4. The van der Waals surface area contributed by atoms with Gasteiger partial charge in [-0.2, -0.15) is 0 Å². The van der Waals surface area contributed by atoms with Crippen LogP contribution in [0.25, 0.3) is 0 Å². The van der Waals surface area contributed by atoms with E-state index < -0.39 is 61.0 Å². The number of cyclic esters (lactones) is 2. The van der Waals surface area contributed by atoms with Crippen molar-refractivity contribution in [2.45, 2.75) is 56.3 Å². The Hall–Kier alpha value is -1.30. The number of fused-ring (bicyclic) bond motifs is 1. The minimum atomic E-state index is -1.50. The van der Waals surface area contributed by atoms with Crippen LogP contribution >= 0.6 is 0 Å². The highest BCUT2D eigenvalue weighted by atomic mass is 16.8. The Bertz CT molecular complexity index is 464. The molecule has 0 aromatic heterocycles. The molecular formula is C13H20O10. The molecule has 0 aromatic rings. The van der Waals surface area contributed by atoms with E-state index in [-0.39, 0.29) is 6.61 Å². The molecule has 3 heterocycles. The van der Waals surface area contributed by atoms with E-state index in [4.69, 9.17) is 34.6 Å². The van der Waals surface area contributed by atoms with Gasteiger partial charge in [-0.25, -0.2) is 9.59 Å². The molecule has 23 heavy (non-hydrogen) atoms. The summed E-state index contributed by atoms with van der Waals surface area (Å²) in [5.74, 6) is -2.09. The Morgan fingerprint density at radius 2 is 1.52 bits per heavy atom. The van der Waals surface area contributed by atoms with Crippen molar-refractivity contribution in [2.24, 2.45) is 0 Å². The Labute approximate surface area is 131 Å². The first-order valence-corrected chi connectivity index (χ1v) is 7.04. The third kappa shape index (κ3) is 3.62. The standard InChI is InChI=1S/C8H12O5.C5H8O5/c1-8(2)12-5-4(3-9)11-7(10)6(5)13-8;6-1-2-3(7)4(8)5(9)10-2/h4-6,9H,3H2,1-2H3;2-4,6-8H,1H2/t4-,5-,6-;2-,3-,4-/m11/s1. The van der Waals surface area contributed by atoms with Crippen LogP contribution in [0.1, 0.15) is 13.8 Å². The molecule has 0 spiro atoms. The summed E-state index contributed by atoms with van der Waals surface area (Å²) in [4.78, 5) is 21.6. The average Bonchev–Trinajstić information content (AvgIpc) is 3.05. The second-order valence-corrected chi connectivity index (χ2v) is 5.77. The maximum absolute atomic E-state index is 11.2. The van der Waals surface area contributed by atoms with Gasteiger partial charge in [-0.15, -0.1) is 0 Å². The van der Waals surface area contributed by atoms with Crippen molar-refractivity contribution in [2.75, 3.05) is 13.2 Å². The van der Waals surface area contributed by atoms with E-state index in [9.17, 15) is 9.59 Å². The van der Waals surface area contributed by atoms with E-state index in [0.717, 1.165) is 0 Å². The first-order valence-electron chi connectivity index (χ1n) is 7.04. The quantitative estimate of drug-likeness (QED) is 0.385. The fourth-order valence-corrected chi connectivity index (χ4v) is 2.44. The summed E-state index contributed by atoms with van der Waals surface area (Å²) in [5, 5.41) is 34.9. The number of carbonyl (C=O) groups excluding carboxylic acids is 2. The van der Waals surface area contributed by atoms with Crippen LogP contribution in [0.4, 0.5) is 0 Å². The number of esters is 2. The van der Waals surface area contributed by atoms with E-state index in [1.165, 1.54) is 0 Å². The summed E-state index contributed by atoms with van der Waals surface area (Å²) >= 11 is 0. The van der Waals surface area contributed by atoms with Gasteiger partial charge in [0.15, 0.2) is 30.2 Å². The average molecular weight is 336 g/mol. The lowest BCUT2D eigenvalue weighted by Gasteiger charge is -2.20. The lowest BCUT2D eigenvalue weighted by atomic mass is 10.1. The van der Waals surface area contributed by atoms with Gasteiger partial charge in [0.1, 0.15) is 12.2 Å². The molecule has 0 unspecified atom stereocenters. The monoisotopic (exact) mass is 336 g/mol.